The van der Waals surface area contributed by atoms with E-state index in [9.17, 15) is 4.79 Å². The maximum Gasteiger partial charge on any atom is 0.312 e. The first-order valence-corrected chi connectivity index (χ1v) is 3.32. The molecule has 0 saturated heterocycles. The zero-order valence-electron chi connectivity index (χ0n) is 6.37. The molecule has 2 amide bonds. The van der Waals surface area contributed by atoms with Gasteiger partial charge in [0.05, 0.1) is 0 Å². The lowest BCUT2D eigenvalue weighted by Crippen LogP contribution is -2.28. The first-order valence-electron chi connectivity index (χ1n) is 3.32. The summed E-state index contributed by atoms with van der Waals surface area (Å²) in [5.41, 5.74) is 5.94. The van der Waals surface area contributed by atoms with Gasteiger partial charge in [-0.05, 0) is 11.6 Å². The first-order chi connectivity index (χ1) is 5.18. The van der Waals surface area contributed by atoms with E-state index in [1.807, 2.05) is 30.1 Å². The molecule has 0 unspecified atom stereocenters. The summed E-state index contributed by atoms with van der Waals surface area (Å²) in [4.78, 5) is 10.3. The summed E-state index contributed by atoms with van der Waals surface area (Å²) in [6, 6.07) is 1.43. The number of aryl methyl sites for hydroxylation is 1. The van der Waals surface area contributed by atoms with E-state index in [2.05, 4.69) is 5.32 Å². The fraction of sp³-hybridized carbons (Fsp3) is 0.286. The molecule has 0 aliphatic rings. The van der Waals surface area contributed by atoms with Crippen LogP contribution in [0.3, 0.4) is 0 Å². The standard InChI is InChI=1S/C7H11N3O/c1-10-3-2-6(5-10)4-9-7(8)11/h2-3,5H,4H2,1H3,(H3,8,9,11). The molecule has 0 saturated carbocycles. The molecule has 0 aliphatic heterocycles. The molecule has 1 heterocycles. The number of amides is 2. The molecule has 1 rings (SSSR count). The molecule has 60 valence electrons. The van der Waals surface area contributed by atoms with Crippen molar-refractivity contribution in [2.75, 3.05) is 0 Å². The molecule has 0 aliphatic carbocycles. The molecule has 4 heteroatoms. The molecular formula is C7H11N3O. The smallest absolute Gasteiger partial charge is 0.312 e. The highest BCUT2D eigenvalue weighted by Gasteiger charge is 1.94. The summed E-state index contributed by atoms with van der Waals surface area (Å²) in [5, 5.41) is 2.50. The zero-order chi connectivity index (χ0) is 8.27. The number of nitrogens with two attached hydrogens (primary N) is 1. The lowest BCUT2D eigenvalue weighted by Gasteiger charge is -1.96. The molecule has 0 bridgehead atoms. The summed E-state index contributed by atoms with van der Waals surface area (Å²) >= 11 is 0. The highest BCUT2D eigenvalue weighted by Crippen LogP contribution is 1.97. The number of primary amides is 1. The van der Waals surface area contributed by atoms with Gasteiger partial charge in [-0.3, -0.25) is 0 Å². The Morgan fingerprint density at radius 1 is 1.82 bits per heavy atom. The quantitative estimate of drug-likeness (QED) is 0.626. The normalized spacial score (nSPS) is 9.55. The van der Waals surface area contributed by atoms with E-state index in [4.69, 9.17) is 5.73 Å². The third kappa shape index (κ3) is 2.33. The highest BCUT2D eigenvalue weighted by molar-refractivity contribution is 5.71. The van der Waals surface area contributed by atoms with Gasteiger partial charge < -0.3 is 15.6 Å². The molecule has 0 spiro atoms. The van der Waals surface area contributed by atoms with Gasteiger partial charge in [0.15, 0.2) is 0 Å². The fourth-order valence-corrected chi connectivity index (χ4v) is 0.855. The fourth-order valence-electron chi connectivity index (χ4n) is 0.855. The van der Waals surface area contributed by atoms with E-state index in [-0.39, 0.29) is 0 Å². The molecule has 11 heavy (non-hydrogen) atoms. The van der Waals surface area contributed by atoms with Crippen molar-refractivity contribution >= 4 is 6.03 Å². The predicted octanol–water partition coefficient (Wildman–Crippen LogP) is 0.193. The van der Waals surface area contributed by atoms with Crippen LogP contribution in [0.15, 0.2) is 18.5 Å². The van der Waals surface area contributed by atoms with E-state index in [1.165, 1.54) is 0 Å². The molecular weight excluding hydrogens is 142 g/mol. The summed E-state index contributed by atoms with van der Waals surface area (Å²) in [6.07, 6.45) is 3.84. The number of rotatable bonds is 2. The van der Waals surface area contributed by atoms with E-state index in [1.54, 1.807) is 0 Å². The number of urea groups is 1. The largest absolute Gasteiger partial charge is 0.357 e. The van der Waals surface area contributed by atoms with Gasteiger partial charge in [0.25, 0.3) is 0 Å². The molecule has 0 radical (unpaired) electrons. The second kappa shape index (κ2) is 3.09. The number of aromatic nitrogens is 1. The van der Waals surface area contributed by atoms with Gasteiger partial charge in [-0.15, -0.1) is 0 Å². The van der Waals surface area contributed by atoms with Gasteiger partial charge in [-0.2, -0.15) is 0 Å². The van der Waals surface area contributed by atoms with E-state index < -0.39 is 6.03 Å². The van der Waals surface area contributed by atoms with Crippen molar-refractivity contribution in [3.63, 3.8) is 0 Å². The summed E-state index contributed by atoms with van der Waals surface area (Å²) in [7, 11) is 1.92. The topological polar surface area (TPSA) is 60.1 Å². The van der Waals surface area contributed by atoms with Crippen LogP contribution in [0.4, 0.5) is 4.79 Å². The minimum atomic E-state index is -0.492. The van der Waals surface area contributed by atoms with Crippen LogP contribution in [0.2, 0.25) is 0 Å². The minimum absolute atomic E-state index is 0.492. The van der Waals surface area contributed by atoms with Crippen molar-refractivity contribution in [3.8, 4) is 0 Å². The van der Waals surface area contributed by atoms with Crippen LogP contribution in [0.25, 0.3) is 0 Å². The van der Waals surface area contributed by atoms with Crippen LogP contribution in [-0.4, -0.2) is 10.6 Å². The number of hydrogen-bond acceptors (Lipinski definition) is 1. The van der Waals surface area contributed by atoms with Crippen molar-refractivity contribution in [1.82, 2.24) is 9.88 Å². The Morgan fingerprint density at radius 3 is 3.00 bits per heavy atom. The van der Waals surface area contributed by atoms with Gasteiger partial charge in [-0.1, -0.05) is 0 Å². The van der Waals surface area contributed by atoms with Crippen molar-refractivity contribution < 1.29 is 4.79 Å². The van der Waals surface area contributed by atoms with E-state index in [0.29, 0.717) is 6.54 Å². The third-order valence-electron chi connectivity index (χ3n) is 1.36. The maximum atomic E-state index is 10.3. The zero-order valence-corrected chi connectivity index (χ0v) is 6.37. The molecule has 0 fully saturated rings. The molecule has 0 atom stereocenters. The second-order valence-electron chi connectivity index (χ2n) is 2.40. The van der Waals surface area contributed by atoms with E-state index in [0.717, 1.165) is 5.56 Å². The van der Waals surface area contributed by atoms with Crippen molar-refractivity contribution in [2.24, 2.45) is 12.8 Å². The highest BCUT2D eigenvalue weighted by atomic mass is 16.2. The Kier molecular flexibility index (Phi) is 2.15. The summed E-state index contributed by atoms with van der Waals surface area (Å²) in [5.74, 6) is 0. The average Bonchev–Trinajstić information content (AvgIpc) is 2.31. The average molecular weight is 153 g/mol. The number of nitrogens with one attached hydrogen (secondary N) is 1. The predicted molar refractivity (Wildman–Crippen MR) is 41.8 cm³/mol. The molecule has 4 nitrogen and oxygen atoms in total. The second-order valence-corrected chi connectivity index (χ2v) is 2.40. The summed E-state index contributed by atoms with van der Waals surface area (Å²) < 4.78 is 1.91. The Labute approximate surface area is 65.0 Å². The third-order valence-corrected chi connectivity index (χ3v) is 1.36. The first kappa shape index (κ1) is 7.65. The lowest BCUT2D eigenvalue weighted by molar-refractivity contribution is 0.248. The van der Waals surface area contributed by atoms with Crippen LogP contribution >= 0.6 is 0 Å². The number of hydrogen-bond donors (Lipinski definition) is 2. The van der Waals surface area contributed by atoms with Gasteiger partial charge in [0, 0.05) is 26.0 Å². The number of carbonyl (C=O) groups is 1. The van der Waals surface area contributed by atoms with Crippen molar-refractivity contribution in [3.05, 3.63) is 24.0 Å². The minimum Gasteiger partial charge on any atom is -0.357 e. The van der Waals surface area contributed by atoms with E-state index >= 15 is 0 Å². The van der Waals surface area contributed by atoms with Crippen LogP contribution < -0.4 is 11.1 Å². The van der Waals surface area contributed by atoms with Gasteiger partial charge in [-0.25, -0.2) is 4.79 Å². The summed E-state index contributed by atoms with van der Waals surface area (Å²) in [6.45, 7) is 0.496. The maximum absolute atomic E-state index is 10.3. The molecule has 1 aromatic rings. The number of nitrogens with zero attached hydrogens (tertiary/aromatic N) is 1. The monoisotopic (exact) mass is 153 g/mol. The number of carbonyl (C=O) groups excluding carboxylic acids is 1. The van der Waals surface area contributed by atoms with Crippen LogP contribution in [0.1, 0.15) is 5.56 Å². The molecule has 1 aromatic heterocycles. The van der Waals surface area contributed by atoms with Crippen molar-refractivity contribution in [2.45, 2.75) is 6.54 Å². The Hall–Kier alpha value is -1.45. The lowest BCUT2D eigenvalue weighted by atomic mass is 10.3. The van der Waals surface area contributed by atoms with Gasteiger partial charge >= 0.3 is 6.03 Å². The van der Waals surface area contributed by atoms with Gasteiger partial charge in [0.2, 0.25) is 0 Å². The van der Waals surface area contributed by atoms with Crippen molar-refractivity contribution in [1.29, 1.82) is 0 Å². The Balaban J connectivity index is 2.45. The molecule has 3 N–H and O–H groups in total. The molecule has 0 aromatic carbocycles. The van der Waals surface area contributed by atoms with Gasteiger partial charge in [0.1, 0.15) is 0 Å². The SMILES string of the molecule is Cn1ccc(CNC(N)=O)c1. The van der Waals surface area contributed by atoms with Crippen LogP contribution in [-0.2, 0) is 13.6 Å². The van der Waals surface area contributed by atoms with Crippen LogP contribution in [0.5, 0.6) is 0 Å². The Bertz CT molecular complexity index is 254. The Morgan fingerprint density at radius 2 is 2.55 bits per heavy atom. The van der Waals surface area contributed by atoms with Crippen LogP contribution in [0, 0.1) is 0 Å².